The lowest BCUT2D eigenvalue weighted by molar-refractivity contribution is -0.113. The van der Waals surface area contributed by atoms with Gasteiger partial charge in [0.25, 0.3) is 5.91 Å². The number of aryl methyl sites for hydroxylation is 3. The average Bonchev–Trinajstić information content (AvgIpc) is 2.71. The molecular weight excluding hydrogens is 380 g/mol. The predicted molar refractivity (Wildman–Crippen MR) is 121 cm³/mol. The molecule has 0 atom stereocenters. The summed E-state index contributed by atoms with van der Waals surface area (Å²) in [6, 6.07) is 21.0. The van der Waals surface area contributed by atoms with E-state index in [0.29, 0.717) is 5.56 Å². The average molecular weight is 405 g/mol. The molecule has 0 saturated carbocycles. The number of thioether (sulfide) groups is 1. The Morgan fingerprint density at radius 1 is 0.828 bits per heavy atom. The van der Waals surface area contributed by atoms with Gasteiger partial charge in [-0.25, -0.2) is 0 Å². The Bertz CT molecular complexity index is 1030. The molecule has 0 radical (unpaired) electrons. The summed E-state index contributed by atoms with van der Waals surface area (Å²) in [5, 5.41) is 5.87. The van der Waals surface area contributed by atoms with Crippen LogP contribution in [0.1, 0.15) is 27.0 Å². The van der Waals surface area contributed by atoms with Gasteiger partial charge in [0, 0.05) is 16.3 Å². The normalized spacial score (nSPS) is 10.4. The van der Waals surface area contributed by atoms with Crippen molar-refractivity contribution in [2.24, 2.45) is 0 Å². The second kappa shape index (κ2) is 9.43. The van der Waals surface area contributed by atoms with Crippen LogP contribution in [0.15, 0.2) is 71.6 Å². The molecule has 0 unspecified atom stereocenters. The van der Waals surface area contributed by atoms with Crippen molar-refractivity contribution in [3.63, 3.8) is 0 Å². The van der Waals surface area contributed by atoms with Crippen LogP contribution in [0.5, 0.6) is 0 Å². The van der Waals surface area contributed by atoms with Crippen LogP contribution in [0.25, 0.3) is 0 Å². The molecule has 0 spiro atoms. The van der Waals surface area contributed by atoms with Gasteiger partial charge in [-0.1, -0.05) is 42.0 Å². The summed E-state index contributed by atoms with van der Waals surface area (Å²) in [7, 11) is 0. The van der Waals surface area contributed by atoms with Crippen molar-refractivity contribution in [1.82, 2.24) is 0 Å². The van der Waals surface area contributed by atoms with Crippen molar-refractivity contribution in [1.29, 1.82) is 0 Å². The molecule has 3 rings (SSSR count). The summed E-state index contributed by atoms with van der Waals surface area (Å²) < 4.78 is 0. The number of hydrogen-bond donors (Lipinski definition) is 2. The van der Waals surface area contributed by atoms with Crippen LogP contribution in [0, 0.1) is 20.8 Å². The molecule has 0 saturated heterocycles. The minimum Gasteiger partial charge on any atom is -0.325 e. The molecule has 3 aromatic carbocycles. The smallest absolute Gasteiger partial charge is 0.256 e. The van der Waals surface area contributed by atoms with Crippen molar-refractivity contribution in [2.45, 2.75) is 25.7 Å². The molecule has 0 aromatic heterocycles. The number of nitrogens with one attached hydrogen (secondary N) is 2. The van der Waals surface area contributed by atoms with Gasteiger partial charge in [-0.3, -0.25) is 9.59 Å². The Labute approximate surface area is 175 Å². The van der Waals surface area contributed by atoms with E-state index < -0.39 is 0 Å². The van der Waals surface area contributed by atoms with E-state index >= 15 is 0 Å². The van der Waals surface area contributed by atoms with E-state index in [1.807, 2.05) is 81.4 Å². The monoisotopic (exact) mass is 404 g/mol. The van der Waals surface area contributed by atoms with Gasteiger partial charge < -0.3 is 10.6 Å². The second-order valence-electron chi connectivity index (χ2n) is 6.97. The van der Waals surface area contributed by atoms with Gasteiger partial charge in [0.1, 0.15) is 0 Å². The molecule has 0 bridgehead atoms. The van der Waals surface area contributed by atoms with Crippen molar-refractivity contribution < 1.29 is 9.59 Å². The minimum atomic E-state index is -0.180. The molecule has 148 valence electrons. The highest BCUT2D eigenvalue weighted by Gasteiger charge is 2.14. The number of benzene rings is 3. The summed E-state index contributed by atoms with van der Waals surface area (Å²) in [6.07, 6.45) is 0. The van der Waals surface area contributed by atoms with Crippen molar-refractivity contribution in [2.75, 3.05) is 16.4 Å². The third-order valence-corrected chi connectivity index (χ3v) is 5.54. The maximum atomic E-state index is 12.8. The van der Waals surface area contributed by atoms with E-state index in [4.69, 9.17) is 0 Å². The van der Waals surface area contributed by atoms with Gasteiger partial charge >= 0.3 is 0 Å². The number of amides is 2. The van der Waals surface area contributed by atoms with Crippen LogP contribution in [-0.4, -0.2) is 17.6 Å². The minimum absolute atomic E-state index is 0.108. The Morgan fingerprint density at radius 3 is 2.28 bits per heavy atom. The maximum absolute atomic E-state index is 12.8. The molecule has 5 heteroatoms. The Morgan fingerprint density at radius 2 is 1.52 bits per heavy atom. The lowest BCUT2D eigenvalue weighted by Crippen LogP contribution is -2.16. The van der Waals surface area contributed by atoms with E-state index in [0.717, 1.165) is 33.0 Å². The highest BCUT2D eigenvalue weighted by atomic mass is 32.2. The molecule has 4 nitrogen and oxygen atoms in total. The van der Waals surface area contributed by atoms with E-state index in [2.05, 4.69) is 10.6 Å². The summed E-state index contributed by atoms with van der Waals surface area (Å²) in [4.78, 5) is 25.9. The molecule has 2 N–H and O–H groups in total. The van der Waals surface area contributed by atoms with E-state index in [1.54, 1.807) is 6.07 Å². The Hall–Kier alpha value is -3.05. The summed E-state index contributed by atoms with van der Waals surface area (Å²) in [6.45, 7) is 5.96. The second-order valence-corrected chi connectivity index (χ2v) is 7.99. The third-order valence-electron chi connectivity index (χ3n) is 4.47. The largest absolute Gasteiger partial charge is 0.325 e. The number of carbonyl (C=O) groups excluding carboxylic acids is 2. The van der Waals surface area contributed by atoms with Crippen LogP contribution in [-0.2, 0) is 4.79 Å². The molecule has 29 heavy (non-hydrogen) atoms. The Balaban J connectivity index is 1.66. The zero-order chi connectivity index (χ0) is 20.8. The first-order chi connectivity index (χ1) is 13.9. The Kier molecular flexibility index (Phi) is 6.73. The van der Waals surface area contributed by atoms with Crippen LogP contribution < -0.4 is 10.6 Å². The zero-order valence-corrected chi connectivity index (χ0v) is 17.6. The van der Waals surface area contributed by atoms with Crippen LogP contribution in [0.4, 0.5) is 11.4 Å². The molecule has 3 aromatic rings. The maximum Gasteiger partial charge on any atom is 0.256 e. The summed E-state index contributed by atoms with van der Waals surface area (Å²) in [5.74, 6) is -0.0638. The fraction of sp³-hybridized carbons (Fsp3) is 0.167. The first kappa shape index (κ1) is 20.7. The van der Waals surface area contributed by atoms with Gasteiger partial charge in [0.05, 0.1) is 11.3 Å². The molecule has 0 aliphatic rings. The first-order valence-corrected chi connectivity index (χ1v) is 10.4. The molecule has 0 heterocycles. The number of hydrogen-bond acceptors (Lipinski definition) is 3. The fourth-order valence-corrected chi connectivity index (χ4v) is 3.67. The summed E-state index contributed by atoms with van der Waals surface area (Å²) >= 11 is 1.35. The lowest BCUT2D eigenvalue weighted by Gasteiger charge is -2.12. The van der Waals surface area contributed by atoms with Crippen molar-refractivity contribution in [3.8, 4) is 0 Å². The lowest BCUT2D eigenvalue weighted by atomic mass is 10.1. The van der Waals surface area contributed by atoms with E-state index in [1.165, 1.54) is 11.8 Å². The first-order valence-electron chi connectivity index (χ1n) is 9.39. The highest BCUT2D eigenvalue weighted by Crippen LogP contribution is 2.25. The molecule has 0 aliphatic heterocycles. The van der Waals surface area contributed by atoms with Crippen LogP contribution in [0.3, 0.4) is 0 Å². The van der Waals surface area contributed by atoms with Gasteiger partial charge in [-0.05, 0) is 62.2 Å². The summed E-state index contributed by atoms with van der Waals surface area (Å²) in [5.41, 5.74) is 5.35. The zero-order valence-electron chi connectivity index (χ0n) is 16.8. The predicted octanol–water partition coefficient (Wildman–Crippen LogP) is 5.59. The fourth-order valence-electron chi connectivity index (χ4n) is 2.82. The molecular formula is C24H24N2O2S. The highest BCUT2D eigenvalue weighted by molar-refractivity contribution is 8.00. The van der Waals surface area contributed by atoms with Crippen molar-refractivity contribution in [3.05, 3.63) is 89.0 Å². The van der Waals surface area contributed by atoms with Gasteiger partial charge in [0.15, 0.2) is 0 Å². The van der Waals surface area contributed by atoms with Gasteiger partial charge in [0.2, 0.25) is 5.91 Å². The van der Waals surface area contributed by atoms with E-state index in [-0.39, 0.29) is 17.6 Å². The number of carbonyl (C=O) groups is 2. The topological polar surface area (TPSA) is 58.2 Å². The van der Waals surface area contributed by atoms with Crippen LogP contribution in [0.2, 0.25) is 0 Å². The quantitative estimate of drug-likeness (QED) is 0.526. The molecule has 2 amide bonds. The number of rotatable bonds is 6. The number of anilines is 2. The van der Waals surface area contributed by atoms with Gasteiger partial charge in [-0.2, -0.15) is 0 Å². The standard InChI is InChI=1S/C24H24N2O2S/c1-16-9-12-19(13-10-16)25-23(27)15-29-22-7-5-4-6-20(22)24(28)26-21-14-17(2)8-11-18(21)3/h4-14H,15H2,1-3H3,(H,25,27)(H,26,28). The van der Waals surface area contributed by atoms with Crippen LogP contribution >= 0.6 is 11.8 Å². The van der Waals surface area contributed by atoms with Gasteiger partial charge in [-0.15, -0.1) is 11.8 Å². The third kappa shape index (κ3) is 5.72. The van der Waals surface area contributed by atoms with Crippen molar-refractivity contribution >= 4 is 35.0 Å². The molecule has 0 aliphatic carbocycles. The van der Waals surface area contributed by atoms with E-state index in [9.17, 15) is 9.59 Å². The molecule has 0 fully saturated rings. The SMILES string of the molecule is Cc1ccc(NC(=O)CSc2ccccc2C(=O)Nc2cc(C)ccc2C)cc1.